The summed E-state index contributed by atoms with van der Waals surface area (Å²) in [5.41, 5.74) is 4.27. The third kappa shape index (κ3) is 1.31. The number of nitrogens with zero attached hydrogens (tertiary/aromatic N) is 4. The topological polar surface area (TPSA) is 51.6 Å². The fourth-order valence-electron chi connectivity index (χ4n) is 2.41. The minimum atomic E-state index is -0.270. The number of hydrogen-bond donors (Lipinski definition) is 0. The molecule has 0 bridgehead atoms. The lowest BCUT2D eigenvalue weighted by molar-refractivity contribution is 0.633. The van der Waals surface area contributed by atoms with Gasteiger partial charge in [-0.2, -0.15) is 17.5 Å². The first-order chi connectivity index (χ1) is 9.18. The molecule has 2 aromatic heterocycles. The lowest BCUT2D eigenvalue weighted by Gasteiger charge is -2.06. The molecule has 0 fully saturated rings. The average Bonchev–Trinajstić information content (AvgIpc) is 3.04. The molecule has 7 heteroatoms. The molecule has 4 nitrogen and oxygen atoms in total. The number of aryl methyl sites for hydroxylation is 2. The highest BCUT2D eigenvalue weighted by molar-refractivity contribution is 7.00. The van der Waals surface area contributed by atoms with Crippen LogP contribution in [-0.4, -0.2) is 17.5 Å². The second-order valence-electron chi connectivity index (χ2n) is 4.48. The number of rotatable bonds is 0. The van der Waals surface area contributed by atoms with E-state index in [-0.39, 0.29) is 5.82 Å². The molecule has 4 aromatic rings. The minimum absolute atomic E-state index is 0.270. The summed E-state index contributed by atoms with van der Waals surface area (Å²) in [6.45, 7) is 3.68. The molecule has 0 aliphatic carbocycles. The summed E-state index contributed by atoms with van der Waals surface area (Å²) in [6.07, 6.45) is 0. The van der Waals surface area contributed by atoms with Crippen molar-refractivity contribution in [3.05, 3.63) is 23.0 Å². The van der Waals surface area contributed by atoms with Crippen LogP contribution in [-0.2, 0) is 0 Å². The van der Waals surface area contributed by atoms with Crippen LogP contribution >= 0.6 is 23.5 Å². The standard InChI is InChI=1S/C12H7FN4S2/c1-4-3-6-7(12-9(4)14-18-17-12)8(13)5(2)10-11(6)16-19-15-10/h3H,1-2H3. The van der Waals surface area contributed by atoms with Crippen molar-refractivity contribution in [1.82, 2.24) is 17.5 Å². The van der Waals surface area contributed by atoms with E-state index < -0.39 is 0 Å². The van der Waals surface area contributed by atoms with Crippen LogP contribution < -0.4 is 0 Å². The zero-order chi connectivity index (χ0) is 13.1. The Labute approximate surface area is 115 Å². The highest BCUT2D eigenvalue weighted by Crippen LogP contribution is 2.35. The number of aromatic nitrogens is 4. The fraction of sp³-hybridized carbons (Fsp3) is 0.167. The van der Waals surface area contributed by atoms with E-state index in [9.17, 15) is 4.39 Å². The van der Waals surface area contributed by atoms with Crippen molar-refractivity contribution in [2.45, 2.75) is 13.8 Å². The molecule has 0 saturated carbocycles. The molecule has 0 unspecified atom stereocenters. The van der Waals surface area contributed by atoms with E-state index in [1.54, 1.807) is 6.92 Å². The Morgan fingerprint density at radius 2 is 1.53 bits per heavy atom. The Balaban J connectivity index is 2.44. The second kappa shape index (κ2) is 3.64. The molecule has 0 spiro atoms. The van der Waals surface area contributed by atoms with Crippen LogP contribution in [0.1, 0.15) is 11.1 Å². The predicted molar refractivity (Wildman–Crippen MR) is 75.3 cm³/mol. The summed E-state index contributed by atoms with van der Waals surface area (Å²) in [4.78, 5) is 0. The van der Waals surface area contributed by atoms with Crippen molar-refractivity contribution in [2.24, 2.45) is 0 Å². The third-order valence-corrected chi connectivity index (χ3v) is 4.43. The Bertz CT molecular complexity index is 957. The first kappa shape index (κ1) is 11.1. The molecule has 4 rings (SSSR count). The molecule has 0 aliphatic rings. The first-order valence-corrected chi connectivity index (χ1v) is 7.10. The quantitative estimate of drug-likeness (QED) is 0.496. The number of benzene rings is 2. The van der Waals surface area contributed by atoms with E-state index in [4.69, 9.17) is 0 Å². The summed E-state index contributed by atoms with van der Waals surface area (Å²) < 4.78 is 31.6. The van der Waals surface area contributed by atoms with Crippen LogP contribution in [0.3, 0.4) is 0 Å². The van der Waals surface area contributed by atoms with Crippen LogP contribution in [0, 0.1) is 19.7 Å². The molecular formula is C12H7FN4S2. The molecule has 19 heavy (non-hydrogen) atoms. The van der Waals surface area contributed by atoms with Gasteiger partial charge in [0.2, 0.25) is 0 Å². The normalized spacial score (nSPS) is 11.9. The van der Waals surface area contributed by atoms with E-state index in [0.29, 0.717) is 22.0 Å². The van der Waals surface area contributed by atoms with Gasteiger partial charge in [-0.3, -0.25) is 0 Å². The third-order valence-electron chi connectivity index (χ3n) is 3.38. The Kier molecular flexibility index (Phi) is 2.13. The monoisotopic (exact) mass is 290 g/mol. The van der Waals surface area contributed by atoms with Gasteiger partial charge in [0, 0.05) is 16.3 Å². The zero-order valence-electron chi connectivity index (χ0n) is 10.1. The van der Waals surface area contributed by atoms with Gasteiger partial charge in [-0.15, -0.1) is 0 Å². The highest BCUT2D eigenvalue weighted by Gasteiger charge is 2.19. The molecule has 94 valence electrons. The lowest BCUT2D eigenvalue weighted by atomic mass is 10.0. The maximum Gasteiger partial charge on any atom is 0.138 e. The van der Waals surface area contributed by atoms with Gasteiger partial charge in [-0.25, -0.2) is 4.39 Å². The van der Waals surface area contributed by atoms with Gasteiger partial charge in [0.05, 0.1) is 23.5 Å². The Morgan fingerprint density at radius 1 is 0.895 bits per heavy atom. The number of hydrogen-bond acceptors (Lipinski definition) is 6. The van der Waals surface area contributed by atoms with Crippen molar-refractivity contribution >= 4 is 56.3 Å². The zero-order valence-corrected chi connectivity index (χ0v) is 11.7. The summed E-state index contributed by atoms with van der Waals surface area (Å²) >= 11 is 2.21. The molecule has 0 atom stereocenters. The van der Waals surface area contributed by atoms with Gasteiger partial charge < -0.3 is 0 Å². The highest BCUT2D eigenvalue weighted by atomic mass is 32.1. The molecule has 0 radical (unpaired) electrons. The van der Waals surface area contributed by atoms with Crippen molar-refractivity contribution in [1.29, 1.82) is 0 Å². The number of fused-ring (bicyclic) bond motifs is 5. The van der Waals surface area contributed by atoms with Gasteiger partial charge in [0.25, 0.3) is 0 Å². The van der Waals surface area contributed by atoms with Gasteiger partial charge in [-0.1, -0.05) is 0 Å². The summed E-state index contributed by atoms with van der Waals surface area (Å²) in [7, 11) is 0. The molecule has 0 amide bonds. The molecule has 0 N–H and O–H groups in total. The van der Waals surface area contributed by atoms with E-state index in [1.165, 1.54) is 0 Å². The van der Waals surface area contributed by atoms with Crippen molar-refractivity contribution in [2.75, 3.05) is 0 Å². The maximum absolute atomic E-state index is 14.6. The summed E-state index contributed by atoms with van der Waals surface area (Å²) in [5, 5.41) is 1.27. The maximum atomic E-state index is 14.6. The van der Waals surface area contributed by atoms with Gasteiger partial charge in [0.1, 0.15) is 27.9 Å². The van der Waals surface area contributed by atoms with Crippen LogP contribution in [0.4, 0.5) is 4.39 Å². The fourth-order valence-corrected chi connectivity index (χ4v) is 3.63. The van der Waals surface area contributed by atoms with Crippen LogP contribution in [0.2, 0.25) is 0 Å². The van der Waals surface area contributed by atoms with Crippen molar-refractivity contribution in [3.63, 3.8) is 0 Å². The minimum Gasteiger partial charge on any atom is -0.206 e. The SMILES string of the molecule is Cc1c(F)c2c(cc(C)c3nsnc32)c2nsnc12. The van der Waals surface area contributed by atoms with Gasteiger partial charge in [0.15, 0.2) is 0 Å². The Hall–Kier alpha value is -1.73. The van der Waals surface area contributed by atoms with Crippen molar-refractivity contribution < 1.29 is 4.39 Å². The smallest absolute Gasteiger partial charge is 0.138 e. The summed E-state index contributed by atoms with van der Waals surface area (Å²) in [6, 6.07) is 1.92. The number of halogens is 1. The van der Waals surface area contributed by atoms with Gasteiger partial charge in [-0.05, 0) is 25.5 Å². The summed E-state index contributed by atoms with van der Waals surface area (Å²) in [5.74, 6) is -0.270. The molecule has 0 saturated heterocycles. The Morgan fingerprint density at radius 3 is 2.32 bits per heavy atom. The van der Waals surface area contributed by atoms with E-state index in [2.05, 4.69) is 17.5 Å². The molecule has 0 aliphatic heterocycles. The molecular weight excluding hydrogens is 283 g/mol. The van der Waals surface area contributed by atoms with Gasteiger partial charge >= 0.3 is 0 Å². The predicted octanol–water partition coefficient (Wildman–Crippen LogP) is 3.61. The van der Waals surface area contributed by atoms with E-state index in [1.807, 2.05) is 13.0 Å². The average molecular weight is 290 g/mol. The van der Waals surface area contributed by atoms with Crippen LogP contribution in [0.25, 0.3) is 32.8 Å². The van der Waals surface area contributed by atoms with Crippen LogP contribution in [0.15, 0.2) is 6.07 Å². The van der Waals surface area contributed by atoms with E-state index in [0.717, 1.165) is 45.4 Å². The van der Waals surface area contributed by atoms with Crippen molar-refractivity contribution in [3.8, 4) is 0 Å². The molecule has 2 heterocycles. The lowest BCUT2D eigenvalue weighted by Crippen LogP contribution is -1.92. The van der Waals surface area contributed by atoms with E-state index >= 15 is 0 Å². The van der Waals surface area contributed by atoms with Crippen LogP contribution in [0.5, 0.6) is 0 Å². The molecule has 2 aromatic carbocycles. The largest absolute Gasteiger partial charge is 0.206 e. The first-order valence-electron chi connectivity index (χ1n) is 5.64. The second-order valence-corrected chi connectivity index (χ2v) is 5.53.